The van der Waals surface area contributed by atoms with Gasteiger partial charge in [0.15, 0.2) is 11.0 Å². The fourth-order valence-corrected chi connectivity index (χ4v) is 3.34. The van der Waals surface area contributed by atoms with Gasteiger partial charge >= 0.3 is 0 Å². The summed E-state index contributed by atoms with van der Waals surface area (Å²) < 4.78 is 7.16. The maximum Gasteiger partial charge on any atom is 0.270 e. The molecule has 0 aliphatic carbocycles. The normalized spacial score (nSPS) is 10.9. The van der Waals surface area contributed by atoms with Crippen LogP contribution in [0.25, 0.3) is 22.8 Å². The van der Waals surface area contributed by atoms with E-state index in [4.69, 9.17) is 4.52 Å². The number of rotatable bonds is 6. The van der Waals surface area contributed by atoms with Crippen molar-refractivity contribution in [1.29, 1.82) is 0 Å². The fraction of sp³-hybridized carbons (Fsp3) is 0.111. The third kappa shape index (κ3) is 3.62. The molecule has 0 aliphatic rings. The third-order valence-electron chi connectivity index (χ3n) is 3.97. The Kier molecular flexibility index (Phi) is 4.85. The van der Waals surface area contributed by atoms with Gasteiger partial charge in [-0.15, -0.1) is 10.2 Å². The van der Waals surface area contributed by atoms with Crippen LogP contribution in [-0.4, -0.2) is 29.8 Å². The molecule has 140 valence electrons. The highest BCUT2D eigenvalue weighted by Crippen LogP contribution is 2.26. The second-order valence-electron chi connectivity index (χ2n) is 5.84. The van der Waals surface area contributed by atoms with Crippen molar-refractivity contribution in [3.05, 3.63) is 70.6 Å². The SMILES string of the molecule is Cn1c(SCc2nc(-c3cccc([N+](=O)[O-])c3)no2)nnc1-c1ccccc1. The van der Waals surface area contributed by atoms with Gasteiger partial charge in [-0.25, -0.2) is 0 Å². The van der Waals surface area contributed by atoms with Crippen LogP contribution in [0.3, 0.4) is 0 Å². The first-order valence-electron chi connectivity index (χ1n) is 8.27. The monoisotopic (exact) mass is 394 g/mol. The van der Waals surface area contributed by atoms with E-state index in [-0.39, 0.29) is 5.69 Å². The molecule has 0 unspecified atom stereocenters. The van der Waals surface area contributed by atoms with E-state index in [9.17, 15) is 10.1 Å². The lowest BCUT2D eigenvalue weighted by atomic mass is 10.2. The standard InChI is InChI=1S/C18H14N6O3S/c1-23-17(12-6-3-2-4-7-12)20-21-18(23)28-11-15-19-16(22-27-15)13-8-5-9-14(10-13)24(25)26/h2-10H,11H2,1H3. The Hall–Kier alpha value is -3.53. The molecule has 10 heteroatoms. The van der Waals surface area contributed by atoms with E-state index in [1.54, 1.807) is 12.1 Å². The molecule has 0 aliphatic heterocycles. The first-order chi connectivity index (χ1) is 13.6. The van der Waals surface area contributed by atoms with Crippen LogP contribution in [0.1, 0.15) is 5.89 Å². The zero-order valence-corrected chi connectivity index (χ0v) is 15.5. The molecule has 0 bridgehead atoms. The quantitative estimate of drug-likeness (QED) is 0.276. The summed E-state index contributed by atoms with van der Waals surface area (Å²) in [5, 5.41) is 24.0. The Morgan fingerprint density at radius 1 is 1.11 bits per heavy atom. The second-order valence-corrected chi connectivity index (χ2v) is 6.78. The van der Waals surface area contributed by atoms with Crippen molar-refractivity contribution in [2.75, 3.05) is 0 Å². The first kappa shape index (κ1) is 17.9. The van der Waals surface area contributed by atoms with Gasteiger partial charge in [0.2, 0.25) is 11.7 Å². The van der Waals surface area contributed by atoms with Crippen LogP contribution in [0.4, 0.5) is 5.69 Å². The summed E-state index contributed by atoms with van der Waals surface area (Å²) in [6.07, 6.45) is 0. The van der Waals surface area contributed by atoms with Crippen molar-refractivity contribution in [3.8, 4) is 22.8 Å². The summed E-state index contributed by atoms with van der Waals surface area (Å²) in [7, 11) is 1.90. The Balaban J connectivity index is 1.48. The van der Waals surface area contributed by atoms with Gasteiger partial charge in [-0.3, -0.25) is 10.1 Å². The van der Waals surface area contributed by atoms with Gasteiger partial charge in [-0.1, -0.05) is 59.4 Å². The lowest BCUT2D eigenvalue weighted by Crippen LogP contribution is -1.95. The lowest BCUT2D eigenvalue weighted by Gasteiger charge is -2.02. The molecule has 28 heavy (non-hydrogen) atoms. The minimum atomic E-state index is -0.460. The molecule has 0 saturated carbocycles. The molecular weight excluding hydrogens is 380 g/mol. The number of aromatic nitrogens is 5. The average Bonchev–Trinajstić information content (AvgIpc) is 3.34. The molecular formula is C18H14N6O3S. The van der Waals surface area contributed by atoms with Gasteiger partial charge in [0.05, 0.1) is 10.7 Å². The molecule has 4 aromatic rings. The largest absolute Gasteiger partial charge is 0.338 e. The Labute approximate surface area is 163 Å². The lowest BCUT2D eigenvalue weighted by molar-refractivity contribution is -0.384. The van der Waals surface area contributed by atoms with Crippen molar-refractivity contribution >= 4 is 17.4 Å². The van der Waals surface area contributed by atoms with Gasteiger partial charge in [0.25, 0.3) is 5.69 Å². The molecule has 4 rings (SSSR count). The number of hydrogen-bond donors (Lipinski definition) is 0. The molecule has 2 aromatic heterocycles. The topological polar surface area (TPSA) is 113 Å². The summed E-state index contributed by atoms with van der Waals surface area (Å²) in [5.41, 5.74) is 1.49. The molecule has 0 atom stereocenters. The zero-order valence-electron chi connectivity index (χ0n) is 14.7. The maximum atomic E-state index is 10.9. The van der Waals surface area contributed by atoms with Crippen molar-refractivity contribution in [3.63, 3.8) is 0 Å². The minimum Gasteiger partial charge on any atom is -0.338 e. The van der Waals surface area contributed by atoms with Crippen LogP contribution in [-0.2, 0) is 12.8 Å². The van der Waals surface area contributed by atoms with Gasteiger partial charge in [0, 0.05) is 30.3 Å². The summed E-state index contributed by atoms with van der Waals surface area (Å²) in [6, 6.07) is 15.9. The third-order valence-corrected chi connectivity index (χ3v) is 4.98. The maximum absolute atomic E-state index is 10.9. The van der Waals surface area contributed by atoms with Gasteiger partial charge in [0.1, 0.15) is 0 Å². The van der Waals surface area contributed by atoms with Crippen molar-refractivity contribution in [1.82, 2.24) is 24.9 Å². The Morgan fingerprint density at radius 2 is 1.89 bits per heavy atom. The molecule has 0 fully saturated rings. The highest BCUT2D eigenvalue weighted by Gasteiger charge is 2.15. The predicted molar refractivity (Wildman–Crippen MR) is 102 cm³/mol. The number of hydrogen-bond acceptors (Lipinski definition) is 8. The van der Waals surface area contributed by atoms with E-state index in [1.165, 1.54) is 23.9 Å². The van der Waals surface area contributed by atoms with E-state index in [0.29, 0.717) is 28.2 Å². The van der Waals surface area contributed by atoms with Crippen LogP contribution in [0, 0.1) is 10.1 Å². The predicted octanol–water partition coefficient (Wildman–Crippen LogP) is 3.73. The van der Waals surface area contributed by atoms with Gasteiger partial charge < -0.3 is 9.09 Å². The molecule has 2 aromatic carbocycles. The molecule has 0 N–H and O–H groups in total. The summed E-state index contributed by atoms with van der Waals surface area (Å²) >= 11 is 1.42. The van der Waals surface area contributed by atoms with Crippen molar-refractivity contribution < 1.29 is 9.45 Å². The van der Waals surface area contributed by atoms with Crippen LogP contribution in [0.2, 0.25) is 0 Å². The number of nitro groups is 1. The number of non-ortho nitro benzene ring substituents is 1. The first-order valence-corrected chi connectivity index (χ1v) is 9.25. The highest BCUT2D eigenvalue weighted by molar-refractivity contribution is 7.98. The number of nitro benzene ring substituents is 1. The van der Waals surface area contributed by atoms with Crippen LogP contribution in [0.15, 0.2) is 64.3 Å². The van der Waals surface area contributed by atoms with Crippen LogP contribution >= 0.6 is 11.8 Å². The minimum absolute atomic E-state index is 0.0225. The number of nitrogens with zero attached hydrogens (tertiary/aromatic N) is 6. The molecule has 9 nitrogen and oxygen atoms in total. The van der Waals surface area contributed by atoms with E-state index in [1.807, 2.05) is 41.9 Å². The van der Waals surface area contributed by atoms with Crippen molar-refractivity contribution in [2.24, 2.45) is 7.05 Å². The summed E-state index contributed by atoms with van der Waals surface area (Å²) in [4.78, 5) is 14.8. The Bertz CT molecular complexity index is 1130. The van der Waals surface area contributed by atoms with Gasteiger partial charge in [-0.05, 0) is 0 Å². The van der Waals surface area contributed by atoms with Crippen LogP contribution < -0.4 is 0 Å². The molecule has 0 radical (unpaired) electrons. The summed E-state index contributed by atoms with van der Waals surface area (Å²) in [6.45, 7) is 0. The van der Waals surface area contributed by atoms with Gasteiger partial charge in [-0.2, -0.15) is 4.98 Å². The number of thioether (sulfide) groups is 1. The van der Waals surface area contributed by atoms with E-state index < -0.39 is 4.92 Å². The highest BCUT2D eigenvalue weighted by atomic mass is 32.2. The van der Waals surface area contributed by atoms with E-state index in [0.717, 1.165) is 11.4 Å². The molecule has 0 amide bonds. The Morgan fingerprint density at radius 3 is 2.68 bits per heavy atom. The van der Waals surface area contributed by atoms with Crippen LogP contribution in [0.5, 0.6) is 0 Å². The fourth-order valence-electron chi connectivity index (χ4n) is 2.59. The smallest absolute Gasteiger partial charge is 0.270 e. The second kappa shape index (κ2) is 7.61. The molecule has 0 spiro atoms. The molecule has 2 heterocycles. The van der Waals surface area contributed by atoms with Crippen molar-refractivity contribution in [2.45, 2.75) is 10.9 Å². The number of benzene rings is 2. The van der Waals surface area contributed by atoms with E-state index in [2.05, 4.69) is 20.3 Å². The average molecular weight is 394 g/mol. The van der Waals surface area contributed by atoms with E-state index >= 15 is 0 Å². The zero-order chi connectivity index (χ0) is 19.5. The molecule has 0 saturated heterocycles. The summed E-state index contributed by atoms with van der Waals surface area (Å²) in [5.74, 6) is 1.88.